The van der Waals surface area contributed by atoms with Gasteiger partial charge in [-0.3, -0.25) is 11.3 Å². The van der Waals surface area contributed by atoms with Gasteiger partial charge in [0.1, 0.15) is 12.4 Å². The lowest BCUT2D eigenvalue weighted by molar-refractivity contribution is -0.167. The molecule has 0 saturated heterocycles. The number of alkyl halides is 4. The minimum absolute atomic E-state index is 0.0653. The fraction of sp³-hybridized carbons (Fsp3) is 0.500. The van der Waals surface area contributed by atoms with Crippen LogP contribution in [0, 0.1) is 5.82 Å². The maximum Gasteiger partial charge on any atom is 0.330 e. The van der Waals surface area contributed by atoms with Crippen LogP contribution in [0.15, 0.2) is 22.7 Å². The first-order valence-electron chi connectivity index (χ1n) is 5.90. The zero-order valence-electron chi connectivity index (χ0n) is 10.8. The molecule has 0 bridgehead atoms. The van der Waals surface area contributed by atoms with Crippen molar-refractivity contribution in [3.8, 4) is 0 Å². The number of rotatable bonds is 8. The summed E-state index contributed by atoms with van der Waals surface area (Å²) < 4.78 is 67.9. The van der Waals surface area contributed by atoms with Crippen LogP contribution in [0.5, 0.6) is 0 Å². The molecule has 0 spiro atoms. The van der Waals surface area contributed by atoms with Crippen LogP contribution < -0.4 is 11.3 Å². The summed E-state index contributed by atoms with van der Waals surface area (Å²) in [7, 11) is 0. The molecule has 1 atom stereocenters. The molecular weight excluding hydrogens is 363 g/mol. The van der Waals surface area contributed by atoms with Gasteiger partial charge in [-0.05, 0) is 24.1 Å². The predicted octanol–water partition coefficient (Wildman–Crippen LogP) is 2.88. The van der Waals surface area contributed by atoms with Crippen molar-refractivity contribution in [1.82, 2.24) is 5.43 Å². The standard InChI is InChI=1S/C12H14BrF5N2O/c13-8-2-1-7(10(14)4-8)3-9(20-19)5-21-6-12(17,18)11(15)16/h1-2,4,9,11,20H,3,5-6,19H2. The van der Waals surface area contributed by atoms with Gasteiger partial charge in [-0.2, -0.15) is 8.78 Å². The van der Waals surface area contributed by atoms with Crippen molar-refractivity contribution in [2.24, 2.45) is 5.84 Å². The van der Waals surface area contributed by atoms with Gasteiger partial charge in [0.05, 0.1) is 6.61 Å². The Hall–Kier alpha value is -0.770. The molecule has 1 aromatic rings. The molecule has 0 heterocycles. The molecule has 1 unspecified atom stereocenters. The van der Waals surface area contributed by atoms with E-state index in [1.165, 1.54) is 12.1 Å². The van der Waals surface area contributed by atoms with Crippen molar-refractivity contribution in [1.29, 1.82) is 0 Å². The molecule has 3 N–H and O–H groups in total. The van der Waals surface area contributed by atoms with Gasteiger partial charge in [-0.1, -0.05) is 22.0 Å². The number of hydrogen-bond donors (Lipinski definition) is 2. The van der Waals surface area contributed by atoms with Crippen LogP contribution in [0.3, 0.4) is 0 Å². The molecule has 1 aromatic carbocycles. The zero-order chi connectivity index (χ0) is 16.0. The quantitative estimate of drug-likeness (QED) is 0.416. The smallest absolute Gasteiger partial charge is 0.330 e. The first kappa shape index (κ1) is 18.3. The molecule has 0 aliphatic carbocycles. The summed E-state index contributed by atoms with van der Waals surface area (Å²) in [5, 5.41) is 0. The molecule has 0 amide bonds. The Labute approximate surface area is 126 Å². The predicted molar refractivity (Wildman–Crippen MR) is 70.7 cm³/mol. The molecule has 3 nitrogen and oxygen atoms in total. The average molecular weight is 377 g/mol. The van der Waals surface area contributed by atoms with Gasteiger partial charge in [0.15, 0.2) is 0 Å². The van der Waals surface area contributed by atoms with E-state index in [9.17, 15) is 22.0 Å². The van der Waals surface area contributed by atoms with Crippen LogP contribution in [-0.4, -0.2) is 31.6 Å². The Balaban J connectivity index is 2.52. The van der Waals surface area contributed by atoms with E-state index < -0.39 is 30.8 Å². The molecule has 1 rings (SSSR count). The maximum absolute atomic E-state index is 13.6. The SMILES string of the molecule is NNC(COCC(F)(F)C(F)F)Cc1ccc(Br)cc1F. The van der Waals surface area contributed by atoms with Crippen LogP contribution in [0.25, 0.3) is 0 Å². The van der Waals surface area contributed by atoms with Crippen LogP contribution in [0.1, 0.15) is 5.56 Å². The normalized spacial score (nSPS) is 13.7. The minimum Gasteiger partial charge on any atom is -0.373 e. The molecule has 9 heteroatoms. The summed E-state index contributed by atoms with van der Waals surface area (Å²) in [4.78, 5) is 0. The van der Waals surface area contributed by atoms with E-state index in [1.54, 1.807) is 6.07 Å². The molecule has 0 aliphatic heterocycles. The molecule has 0 aromatic heterocycles. The molecule has 21 heavy (non-hydrogen) atoms. The van der Waals surface area contributed by atoms with Gasteiger partial charge < -0.3 is 4.74 Å². The number of halogens is 6. The third kappa shape index (κ3) is 5.85. The zero-order valence-corrected chi connectivity index (χ0v) is 12.3. The lowest BCUT2D eigenvalue weighted by atomic mass is 10.1. The topological polar surface area (TPSA) is 47.3 Å². The number of benzene rings is 1. The first-order valence-corrected chi connectivity index (χ1v) is 6.69. The Morgan fingerprint density at radius 2 is 2.00 bits per heavy atom. The highest BCUT2D eigenvalue weighted by Crippen LogP contribution is 2.23. The second-order valence-electron chi connectivity index (χ2n) is 4.38. The van der Waals surface area contributed by atoms with Crippen LogP contribution in [-0.2, 0) is 11.2 Å². The van der Waals surface area contributed by atoms with E-state index in [2.05, 4.69) is 26.1 Å². The highest BCUT2D eigenvalue weighted by atomic mass is 79.9. The third-order valence-electron chi connectivity index (χ3n) is 2.65. The highest BCUT2D eigenvalue weighted by Gasteiger charge is 2.41. The molecule has 0 radical (unpaired) electrons. The number of hydrazine groups is 1. The minimum atomic E-state index is -4.22. The fourth-order valence-corrected chi connectivity index (χ4v) is 1.85. The Morgan fingerprint density at radius 1 is 1.33 bits per heavy atom. The second-order valence-corrected chi connectivity index (χ2v) is 5.30. The van der Waals surface area contributed by atoms with Crippen molar-refractivity contribution in [2.75, 3.05) is 13.2 Å². The Bertz CT molecular complexity index is 461. The van der Waals surface area contributed by atoms with Crippen molar-refractivity contribution < 1.29 is 26.7 Å². The maximum atomic E-state index is 13.6. The molecule has 0 saturated carbocycles. The summed E-state index contributed by atoms with van der Waals surface area (Å²) in [5.74, 6) is 0.495. The molecule has 120 valence electrons. The van der Waals surface area contributed by atoms with Gasteiger partial charge in [0.2, 0.25) is 0 Å². The van der Waals surface area contributed by atoms with E-state index in [4.69, 9.17) is 5.84 Å². The lowest BCUT2D eigenvalue weighted by Crippen LogP contribution is -2.42. The van der Waals surface area contributed by atoms with Gasteiger partial charge in [0.25, 0.3) is 0 Å². The number of ether oxygens (including phenoxy) is 1. The van der Waals surface area contributed by atoms with Crippen molar-refractivity contribution in [2.45, 2.75) is 24.8 Å². The number of nitrogens with two attached hydrogens (primary N) is 1. The highest BCUT2D eigenvalue weighted by molar-refractivity contribution is 9.10. The Morgan fingerprint density at radius 3 is 2.52 bits per heavy atom. The summed E-state index contributed by atoms with van der Waals surface area (Å²) in [6.45, 7) is -1.78. The fourth-order valence-electron chi connectivity index (χ4n) is 1.52. The second kappa shape index (κ2) is 8.02. The van der Waals surface area contributed by atoms with Crippen LogP contribution in [0.2, 0.25) is 0 Å². The van der Waals surface area contributed by atoms with E-state index >= 15 is 0 Å². The molecular formula is C12H14BrF5N2O. The van der Waals surface area contributed by atoms with Gasteiger partial charge >= 0.3 is 12.3 Å². The monoisotopic (exact) mass is 376 g/mol. The summed E-state index contributed by atoms with van der Waals surface area (Å²) in [5.41, 5.74) is 2.57. The van der Waals surface area contributed by atoms with Gasteiger partial charge in [0, 0.05) is 10.5 Å². The van der Waals surface area contributed by atoms with Crippen molar-refractivity contribution in [3.63, 3.8) is 0 Å². The van der Waals surface area contributed by atoms with E-state index in [0.29, 0.717) is 10.0 Å². The van der Waals surface area contributed by atoms with E-state index in [-0.39, 0.29) is 13.0 Å². The lowest BCUT2D eigenvalue weighted by Gasteiger charge is -2.19. The van der Waals surface area contributed by atoms with E-state index in [0.717, 1.165) is 0 Å². The van der Waals surface area contributed by atoms with Crippen LogP contribution >= 0.6 is 15.9 Å². The van der Waals surface area contributed by atoms with E-state index in [1.807, 2.05) is 0 Å². The third-order valence-corrected chi connectivity index (χ3v) is 3.14. The van der Waals surface area contributed by atoms with Crippen molar-refractivity contribution in [3.05, 3.63) is 34.1 Å². The Kier molecular flexibility index (Phi) is 6.98. The van der Waals surface area contributed by atoms with Gasteiger partial charge in [-0.25, -0.2) is 13.2 Å². The summed E-state index contributed by atoms with van der Waals surface area (Å²) in [6, 6.07) is 3.67. The first-order chi connectivity index (χ1) is 9.76. The molecule has 0 aliphatic rings. The average Bonchev–Trinajstić information content (AvgIpc) is 2.39. The summed E-state index contributed by atoms with van der Waals surface area (Å²) >= 11 is 3.10. The largest absolute Gasteiger partial charge is 0.373 e. The summed E-state index contributed by atoms with van der Waals surface area (Å²) in [6.07, 6.45) is -3.73. The van der Waals surface area contributed by atoms with Crippen LogP contribution in [0.4, 0.5) is 22.0 Å². The number of hydrogen-bond acceptors (Lipinski definition) is 3. The molecule has 0 fully saturated rings. The number of nitrogens with one attached hydrogen (secondary N) is 1. The van der Waals surface area contributed by atoms with Crippen molar-refractivity contribution >= 4 is 15.9 Å². The van der Waals surface area contributed by atoms with Gasteiger partial charge in [-0.15, -0.1) is 0 Å².